The summed E-state index contributed by atoms with van der Waals surface area (Å²) in [6.07, 6.45) is 3.64. The SMILES string of the molecule is CSc1ccc(C(=O)Nc2c(C)cccc2Cl)nc1. The quantitative estimate of drug-likeness (QED) is 0.869. The highest BCUT2D eigenvalue weighted by Crippen LogP contribution is 2.25. The molecule has 1 aromatic carbocycles. The second kappa shape index (κ2) is 6.08. The first kappa shape index (κ1) is 13.9. The number of nitrogens with zero attached hydrogens (tertiary/aromatic N) is 1. The minimum atomic E-state index is -0.260. The van der Waals surface area contributed by atoms with Crippen molar-refractivity contribution < 1.29 is 4.79 Å². The smallest absolute Gasteiger partial charge is 0.274 e. The van der Waals surface area contributed by atoms with E-state index in [-0.39, 0.29) is 5.91 Å². The zero-order valence-electron chi connectivity index (χ0n) is 10.6. The van der Waals surface area contributed by atoms with Crippen molar-refractivity contribution in [1.82, 2.24) is 4.98 Å². The van der Waals surface area contributed by atoms with Gasteiger partial charge >= 0.3 is 0 Å². The van der Waals surface area contributed by atoms with Crippen LogP contribution in [0.3, 0.4) is 0 Å². The van der Waals surface area contributed by atoms with Crippen LogP contribution in [0.15, 0.2) is 41.4 Å². The van der Waals surface area contributed by atoms with Gasteiger partial charge in [-0.15, -0.1) is 11.8 Å². The zero-order chi connectivity index (χ0) is 13.8. The van der Waals surface area contributed by atoms with Gasteiger partial charge in [0.1, 0.15) is 5.69 Å². The molecule has 5 heteroatoms. The van der Waals surface area contributed by atoms with Crippen molar-refractivity contribution in [2.24, 2.45) is 0 Å². The molecule has 0 unspecified atom stereocenters. The van der Waals surface area contributed by atoms with Crippen molar-refractivity contribution in [2.45, 2.75) is 11.8 Å². The molecule has 3 nitrogen and oxygen atoms in total. The monoisotopic (exact) mass is 292 g/mol. The predicted octanol–water partition coefficient (Wildman–Crippen LogP) is 4.02. The normalized spacial score (nSPS) is 10.3. The van der Waals surface area contributed by atoms with E-state index in [0.717, 1.165) is 10.5 Å². The Morgan fingerprint density at radius 1 is 1.32 bits per heavy atom. The van der Waals surface area contributed by atoms with Gasteiger partial charge in [-0.2, -0.15) is 0 Å². The summed E-state index contributed by atoms with van der Waals surface area (Å²) < 4.78 is 0. The summed E-state index contributed by atoms with van der Waals surface area (Å²) >= 11 is 7.65. The van der Waals surface area contributed by atoms with Crippen LogP contribution in [0.4, 0.5) is 5.69 Å². The average molecular weight is 293 g/mol. The number of hydrogen-bond acceptors (Lipinski definition) is 3. The lowest BCUT2D eigenvalue weighted by Gasteiger charge is -2.09. The highest BCUT2D eigenvalue weighted by atomic mass is 35.5. The number of aryl methyl sites for hydroxylation is 1. The highest BCUT2D eigenvalue weighted by Gasteiger charge is 2.11. The number of thioether (sulfide) groups is 1. The van der Waals surface area contributed by atoms with Crippen LogP contribution in [0, 0.1) is 6.92 Å². The fourth-order valence-corrected chi connectivity index (χ4v) is 2.23. The number of benzene rings is 1. The van der Waals surface area contributed by atoms with E-state index in [2.05, 4.69) is 10.3 Å². The lowest BCUT2D eigenvalue weighted by Crippen LogP contribution is -2.14. The number of anilines is 1. The first-order valence-electron chi connectivity index (χ1n) is 5.68. The second-order valence-corrected chi connectivity index (χ2v) is 5.26. The summed E-state index contributed by atoms with van der Waals surface area (Å²) in [6.45, 7) is 1.89. The second-order valence-electron chi connectivity index (χ2n) is 3.97. The zero-order valence-corrected chi connectivity index (χ0v) is 12.2. The molecule has 0 saturated carbocycles. The molecular formula is C14H13ClN2OS. The van der Waals surface area contributed by atoms with Gasteiger partial charge in [0.2, 0.25) is 0 Å². The number of aromatic nitrogens is 1. The van der Waals surface area contributed by atoms with Crippen LogP contribution in [0.5, 0.6) is 0 Å². The van der Waals surface area contributed by atoms with Gasteiger partial charge in [-0.1, -0.05) is 23.7 Å². The molecule has 0 aliphatic rings. The Morgan fingerprint density at radius 2 is 2.11 bits per heavy atom. The van der Waals surface area contributed by atoms with E-state index in [0.29, 0.717) is 16.4 Å². The summed E-state index contributed by atoms with van der Waals surface area (Å²) in [5.74, 6) is -0.260. The molecule has 1 heterocycles. The minimum Gasteiger partial charge on any atom is -0.319 e. The first-order valence-corrected chi connectivity index (χ1v) is 7.28. The van der Waals surface area contributed by atoms with Crippen molar-refractivity contribution in [3.63, 3.8) is 0 Å². The van der Waals surface area contributed by atoms with Gasteiger partial charge in [-0.05, 0) is 36.9 Å². The maximum atomic E-state index is 12.1. The number of nitrogens with one attached hydrogen (secondary N) is 1. The molecule has 0 aliphatic heterocycles. The minimum absolute atomic E-state index is 0.260. The molecule has 98 valence electrons. The van der Waals surface area contributed by atoms with Crippen molar-refractivity contribution in [3.8, 4) is 0 Å². The van der Waals surface area contributed by atoms with Crippen molar-refractivity contribution in [1.29, 1.82) is 0 Å². The molecule has 19 heavy (non-hydrogen) atoms. The van der Waals surface area contributed by atoms with Gasteiger partial charge in [-0.25, -0.2) is 4.98 Å². The number of carbonyl (C=O) groups is 1. The van der Waals surface area contributed by atoms with Crippen molar-refractivity contribution >= 4 is 35.0 Å². The highest BCUT2D eigenvalue weighted by molar-refractivity contribution is 7.98. The maximum absolute atomic E-state index is 12.1. The average Bonchev–Trinajstić information content (AvgIpc) is 2.43. The third-order valence-electron chi connectivity index (χ3n) is 2.67. The number of pyridine rings is 1. The molecule has 0 radical (unpaired) electrons. The van der Waals surface area contributed by atoms with Crippen LogP contribution in [-0.2, 0) is 0 Å². The number of rotatable bonds is 3. The van der Waals surface area contributed by atoms with Crippen LogP contribution in [0.1, 0.15) is 16.1 Å². The van der Waals surface area contributed by atoms with E-state index >= 15 is 0 Å². The Hall–Kier alpha value is -1.52. The van der Waals surface area contributed by atoms with Crippen LogP contribution >= 0.6 is 23.4 Å². The number of hydrogen-bond donors (Lipinski definition) is 1. The predicted molar refractivity (Wildman–Crippen MR) is 80.2 cm³/mol. The fraction of sp³-hybridized carbons (Fsp3) is 0.143. The molecular weight excluding hydrogens is 280 g/mol. The topological polar surface area (TPSA) is 42.0 Å². The summed E-state index contributed by atoms with van der Waals surface area (Å²) in [6, 6.07) is 9.05. The van der Waals surface area contributed by atoms with E-state index in [9.17, 15) is 4.79 Å². The third-order valence-corrected chi connectivity index (χ3v) is 3.69. The Balaban J connectivity index is 2.20. The summed E-state index contributed by atoms with van der Waals surface area (Å²) in [4.78, 5) is 17.2. The van der Waals surface area contributed by atoms with Gasteiger partial charge in [0.05, 0.1) is 10.7 Å². The fourth-order valence-electron chi connectivity index (χ4n) is 1.60. The van der Waals surface area contributed by atoms with Gasteiger partial charge in [-0.3, -0.25) is 4.79 Å². The number of amides is 1. The van der Waals surface area contributed by atoms with Gasteiger partial charge in [0.25, 0.3) is 5.91 Å². The Morgan fingerprint density at radius 3 is 2.68 bits per heavy atom. The number of carbonyl (C=O) groups excluding carboxylic acids is 1. The summed E-state index contributed by atoms with van der Waals surface area (Å²) in [5.41, 5.74) is 1.92. The van der Waals surface area contributed by atoms with E-state index < -0.39 is 0 Å². The molecule has 1 amide bonds. The van der Waals surface area contributed by atoms with Crippen molar-refractivity contribution in [2.75, 3.05) is 11.6 Å². The molecule has 0 atom stereocenters. The standard InChI is InChI=1S/C14H13ClN2OS/c1-9-4-3-5-11(15)13(9)17-14(18)12-7-6-10(19-2)8-16-12/h3-8H,1-2H3,(H,17,18). The molecule has 2 aromatic rings. The molecule has 0 aliphatic carbocycles. The Kier molecular flexibility index (Phi) is 4.45. The van der Waals surface area contributed by atoms with E-state index in [1.54, 1.807) is 30.1 Å². The molecule has 1 aromatic heterocycles. The van der Waals surface area contributed by atoms with Crippen LogP contribution in [0.2, 0.25) is 5.02 Å². The number of para-hydroxylation sites is 1. The lowest BCUT2D eigenvalue weighted by atomic mass is 10.2. The van der Waals surface area contributed by atoms with Crippen molar-refractivity contribution in [3.05, 3.63) is 52.8 Å². The largest absolute Gasteiger partial charge is 0.319 e. The molecule has 0 spiro atoms. The van der Waals surface area contributed by atoms with Gasteiger partial charge < -0.3 is 5.32 Å². The van der Waals surface area contributed by atoms with E-state index in [1.165, 1.54) is 0 Å². The van der Waals surface area contributed by atoms with Gasteiger partial charge in [0, 0.05) is 11.1 Å². The first-order chi connectivity index (χ1) is 9.11. The number of halogens is 1. The summed E-state index contributed by atoms with van der Waals surface area (Å²) in [7, 11) is 0. The maximum Gasteiger partial charge on any atom is 0.274 e. The van der Waals surface area contributed by atoms with Gasteiger partial charge in [0.15, 0.2) is 0 Å². The Bertz CT molecular complexity index is 579. The van der Waals surface area contributed by atoms with Crippen LogP contribution in [0.25, 0.3) is 0 Å². The molecule has 0 bridgehead atoms. The molecule has 0 saturated heterocycles. The molecule has 1 N–H and O–H groups in total. The van der Waals surface area contributed by atoms with Crippen LogP contribution < -0.4 is 5.32 Å². The summed E-state index contributed by atoms with van der Waals surface area (Å²) in [5, 5.41) is 3.31. The van der Waals surface area contributed by atoms with E-state index in [4.69, 9.17) is 11.6 Å². The van der Waals surface area contributed by atoms with Crippen LogP contribution in [-0.4, -0.2) is 17.1 Å². The molecule has 2 rings (SSSR count). The molecule has 0 fully saturated rings. The lowest BCUT2D eigenvalue weighted by molar-refractivity contribution is 0.102. The Labute approximate surface area is 121 Å². The third kappa shape index (κ3) is 3.28. The van der Waals surface area contributed by atoms with E-state index in [1.807, 2.05) is 31.4 Å².